The summed E-state index contributed by atoms with van der Waals surface area (Å²) < 4.78 is 1.69. The van der Waals surface area contributed by atoms with Gasteiger partial charge in [0.2, 0.25) is 5.56 Å². The molecule has 94 valence electrons. The fourth-order valence-corrected chi connectivity index (χ4v) is 1.66. The van der Waals surface area contributed by atoms with E-state index in [0.29, 0.717) is 12.1 Å². The molecule has 6 nitrogen and oxygen atoms in total. The summed E-state index contributed by atoms with van der Waals surface area (Å²) in [4.78, 5) is 27.0. The van der Waals surface area contributed by atoms with Crippen LogP contribution in [0.5, 0.6) is 0 Å². The molecule has 0 spiro atoms. The Morgan fingerprint density at radius 1 is 1.50 bits per heavy atom. The topological polar surface area (TPSA) is 71.0 Å². The van der Waals surface area contributed by atoms with Crippen molar-refractivity contribution in [1.82, 2.24) is 19.7 Å². The van der Waals surface area contributed by atoms with Gasteiger partial charge in [-0.05, 0) is 6.07 Å². The van der Waals surface area contributed by atoms with Gasteiger partial charge in [-0.2, -0.15) is 5.10 Å². The minimum Gasteiger partial charge on any atom is -0.337 e. The molecule has 0 aliphatic heterocycles. The van der Waals surface area contributed by atoms with Crippen molar-refractivity contribution >= 4 is 5.91 Å². The molecule has 1 amide bonds. The lowest BCUT2D eigenvalue weighted by molar-refractivity contribution is 0.0784. The van der Waals surface area contributed by atoms with Gasteiger partial charge in [0.05, 0.1) is 11.8 Å². The van der Waals surface area contributed by atoms with E-state index in [1.54, 1.807) is 22.8 Å². The monoisotopic (exact) mass is 246 g/mol. The van der Waals surface area contributed by atoms with Crippen LogP contribution in [0.4, 0.5) is 0 Å². The van der Waals surface area contributed by atoms with Crippen LogP contribution in [0.15, 0.2) is 35.5 Å². The normalized spacial score (nSPS) is 10.3. The molecule has 0 bridgehead atoms. The Morgan fingerprint density at radius 2 is 2.28 bits per heavy atom. The average Bonchev–Trinajstić information content (AvgIpc) is 2.75. The van der Waals surface area contributed by atoms with E-state index in [1.165, 1.54) is 18.3 Å². The Morgan fingerprint density at radius 3 is 2.83 bits per heavy atom. The minimum absolute atomic E-state index is 0.143. The molecule has 0 aliphatic rings. The molecular formula is C12H14N4O2. The zero-order valence-corrected chi connectivity index (χ0v) is 10.3. The Balaban J connectivity index is 2.09. The molecule has 18 heavy (non-hydrogen) atoms. The molecule has 0 radical (unpaired) electrons. The lowest BCUT2D eigenvalue weighted by Crippen LogP contribution is -2.26. The number of aromatic amines is 1. The second-order valence-electron chi connectivity index (χ2n) is 4.13. The van der Waals surface area contributed by atoms with Crippen LogP contribution in [0.3, 0.4) is 0 Å². The fourth-order valence-electron chi connectivity index (χ4n) is 1.66. The largest absolute Gasteiger partial charge is 0.337 e. The Kier molecular flexibility index (Phi) is 3.27. The van der Waals surface area contributed by atoms with E-state index in [2.05, 4.69) is 10.1 Å². The predicted molar refractivity (Wildman–Crippen MR) is 66.1 cm³/mol. The molecule has 2 aromatic rings. The van der Waals surface area contributed by atoms with Gasteiger partial charge in [0, 0.05) is 44.7 Å². The summed E-state index contributed by atoms with van der Waals surface area (Å²) in [5.74, 6) is -0.143. The van der Waals surface area contributed by atoms with Gasteiger partial charge >= 0.3 is 0 Å². The molecule has 0 aliphatic carbocycles. The number of pyridine rings is 1. The van der Waals surface area contributed by atoms with Gasteiger partial charge in [-0.25, -0.2) is 0 Å². The zero-order valence-electron chi connectivity index (χ0n) is 10.3. The van der Waals surface area contributed by atoms with E-state index in [1.807, 2.05) is 13.2 Å². The molecule has 0 fully saturated rings. The number of amides is 1. The molecule has 2 aromatic heterocycles. The number of H-pyrrole nitrogens is 1. The highest BCUT2D eigenvalue weighted by Gasteiger charge is 2.12. The molecule has 0 aromatic carbocycles. The van der Waals surface area contributed by atoms with Crippen LogP contribution in [0, 0.1) is 0 Å². The maximum absolute atomic E-state index is 12.0. The molecule has 0 saturated heterocycles. The molecule has 0 atom stereocenters. The summed E-state index contributed by atoms with van der Waals surface area (Å²) in [5.41, 5.74) is 1.19. The number of nitrogens with zero attached hydrogens (tertiary/aromatic N) is 3. The second-order valence-corrected chi connectivity index (χ2v) is 4.13. The lowest BCUT2D eigenvalue weighted by Gasteiger charge is -2.15. The highest BCUT2D eigenvalue weighted by molar-refractivity contribution is 5.93. The third kappa shape index (κ3) is 2.65. The van der Waals surface area contributed by atoms with Crippen molar-refractivity contribution in [3.8, 4) is 0 Å². The number of hydrogen-bond acceptors (Lipinski definition) is 3. The predicted octanol–water partition coefficient (Wildman–Crippen LogP) is 0.381. The number of rotatable bonds is 3. The van der Waals surface area contributed by atoms with Gasteiger partial charge in [-0.15, -0.1) is 0 Å². The highest BCUT2D eigenvalue weighted by atomic mass is 16.2. The number of aromatic nitrogens is 3. The number of aryl methyl sites for hydroxylation is 1. The number of carbonyl (C=O) groups is 1. The van der Waals surface area contributed by atoms with Crippen LogP contribution in [0.1, 0.15) is 15.9 Å². The SMILES string of the molecule is CN(Cc1cnn(C)c1)C(=O)c1ccc(=O)[nH]c1. The van der Waals surface area contributed by atoms with Crippen molar-refractivity contribution in [2.24, 2.45) is 7.05 Å². The van der Waals surface area contributed by atoms with Gasteiger partial charge in [-0.3, -0.25) is 14.3 Å². The highest BCUT2D eigenvalue weighted by Crippen LogP contribution is 2.05. The summed E-state index contributed by atoms with van der Waals surface area (Å²) in [5, 5.41) is 4.04. The summed E-state index contributed by atoms with van der Waals surface area (Å²) in [6.45, 7) is 0.478. The van der Waals surface area contributed by atoms with Gasteiger partial charge in [0.25, 0.3) is 5.91 Å². The zero-order chi connectivity index (χ0) is 13.1. The Labute approximate surface area is 104 Å². The van der Waals surface area contributed by atoms with Gasteiger partial charge in [0.1, 0.15) is 0 Å². The summed E-state index contributed by atoms with van der Waals surface area (Å²) in [6.07, 6.45) is 5.00. The van der Waals surface area contributed by atoms with Crippen LogP contribution in [0.25, 0.3) is 0 Å². The first-order valence-corrected chi connectivity index (χ1v) is 5.48. The smallest absolute Gasteiger partial charge is 0.255 e. The minimum atomic E-state index is -0.221. The van der Waals surface area contributed by atoms with E-state index in [0.717, 1.165) is 5.56 Å². The van der Waals surface area contributed by atoms with Crippen molar-refractivity contribution in [2.75, 3.05) is 7.05 Å². The number of nitrogens with one attached hydrogen (secondary N) is 1. The lowest BCUT2D eigenvalue weighted by atomic mass is 10.2. The average molecular weight is 246 g/mol. The van der Waals surface area contributed by atoms with E-state index >= 15 is 0 Å². The number of carbonyl (C=O) groups excluding carboxylic acids is 1. The Bertz CT molecular complexity index is 594. The van der Waals surface area contributed by atoms with Crippen LogP contribution >= 0.6 is 0 Å². The van der Waals surface area contributed by atoms with Gasteiger partial charge in [-0.1, -0.05) is 0 Å². The van der Waals surface area contributed by atoms with Gasteiger partial charge < -0.3 is 9.88 Å². The van der Waals surface area contributed by atoms with Crippen molar-refractivity contribution in [3.05, 3.63) is 52.2 Å². The number of hydrogen-bond donors (Lipinski definition) is 1. The van der Waals surface area contributed by atoms with E-state index in [9.17, 15) is 9.59 Å². The molecule has 0 unspecified atom stereocenters. The quantitative estimate of drug-likeness (QED) is 0.851. The van der Waals surface area contributed by atoms with Crippen LogP contribution in [0.2, 0.25) is 0 Å². The molecular weight excluding hydrogens is 232 g/mol. The van der Waals surface area contributed by atoms with Crippen LogP contribution < -0.4 is 5.56 Å². The van der Waals surface area contributed by atoms with Crippen molar-refractivity contribution in [3.63, 3.8) is 0 Å². The first-order valence-electron chi connectivity index (χ1n) is 5.48. The third-order valence-electron chi connectivity index (χ3n) is 2.56. The maximum Gasteiger partial charge on any atom is 0.255 e. The second kappa shape index (κ2) is 4.87. The summed E-state index contributed by atoms with van der Waals surface area (Å²) in [7, 11) is 3.54. The third-order valence-corrected chi connectivity index (χ3v) is 2.56. The summed E-state index contributed by atoms with van der Waals surface area (Å²) in [6, 6.07) is 2.85. The first kappa shape index (κ1) is 12.1. The molecule has 1 N–H and O–H groups in total. The molecule has 2 heterocycles. The van der Waals surface area contributed by atoms with Gasteiger partial charge in [0.15, 0.2) is 0 Å². The van der Waals surface area contributed by atoms with Crippen molar-refractivity contribution < 1.29 is 4.79 Å². The van der Waals surface area contributed by atoms with Crippen LogP contribution in [-0.4, -0.2) is 32.6 Å². The van der Waals surface area contributed by atoms with E-state index in [4.69, 9.17) is 0 Å². The fraction of sp³-hybridized carbons (Fsp3) is 0.250. The van der Waals surface area contributed by atoms with Crippen molar-refractivity contribution in [2.45, 2.75) is 6.54 Å². The van der Waals surface area contributed by atoms with E-state index in [-0.39, 0.29) is 11.5 Å². The molecule has 6 heteroatoms. The maximum atomic E-state index is 12.0. The molecule has 2 rings (SSSR count). The first-order chi connectivity index (χ1) is 8.56. The standard InChI is InChI=1S/C12H14N4O2/c1-15(7-9-5-14-16(2)8-9)12(18)10-3-4-11(17)13-6-10/h3-6,8H,7H2,1-2H3,(H,13,17). The Hall–Kier alpha value is -2.37. The van der Waals surface area contributed by atoms with Crippen LogP contribution in [-0.2, 0) is 13.6 Å². The van der Waals surface area contributed by atoms with Crippen molar-refractivity contribution in [1.29, 1.82) is 0 Å². The summed E-state index contributed by atoms with van der Waals surface area (Å²) >= 11 is 0. The molecule has 0 saturated carbocycles. The van der Waals surface area contributed by atoms with E-state index < -0.39 is 0 Å².